The van der Waals surface area contributed by atoms with Crippen LogP contribution in [0.15, 0.2) is 36.4 Å². The number of aryl methyl sites for hydroxylation is 1. The molecule has 3 heterocycles. The lowest BCUT2D eigenvalue weighted by molar-refractivity contribution is -0.136. The Hall–Kier alpha value is -4.03. The maximum atomic E-state index is 11.1. The van der Waals surface area contributed by atoms with Crippen molar-refractivity contribution in [3.8, 4) is 17.2 Å². The van der Waals surface area contributed by atoms with Crippen LogP contribution < -0.4 is 9.47 Å². The number of fused-ring (bicyclic) bond motifs is 3. The van der Waals surface area contributed by atoms with Gasteiger partial charge < -0.3 is 19.3 Å². The van der Waals surface area contributed by atoms with Crippen molar-refractivity contribution in [2.75, 3.05) is 14.2 Å². The Labute approximate surface area is 242 Å². The first-order valence-corrected chi connectivity index (χ1v) is 13.5. The van der Waals surface area contributed by atoms with Crippen molar-refractivity contribution in [2.45, 2.75) is 58.8 Å². The zero-order valence-electron chi connectivity index (χ0n) is 23.5. The highest BCUT2D eigenvalue weighted by molar-refractivity contribution is 6.30. The van der Waals surface area contributed by atoms with Crippen molar-refractivity contribution >= 4 is 17.6 Å². The molecule has 12 nitrogen and oxygen atoms in total. The molecule has 0 radical (unpaired) electrons. The topological polar surface area (TPSA) is 139 Å². The summed E-state index contributed by atoms with van der Waals surface area (Å²) < 4.78 is 20.3. The second-order valence-corrected chi connectivity index (χ2v) is 11.4. The molecule has 2 aromatic heterocycles. The number of tetrazole rings is 1. The number of hydrogen-bond acceptors (Lipinski definition) is 9. The number of carboxylic acids is 1. The van der Waals surface area contributed by atoms with E-state index in [4.69, 9.17) is 30.9 Å². The molecule has 1 N–H and O–H groups in total. The van der Waals surface area contributed by atoms with Gasteiger partial charge in [0, 0.05) is 29.0 Å². The van der Waals surface area contributed by atoms with Gasteiger partial charge >= 0.3 is 5.97 Å². The number of carboxylic acid groups (broad SMARTS) is 1. The molecule has 0 spiro atoms. The Balaban J connectivity index is 1.63. The van der Waals surface area contributed by atoms with Crippen LogP contribution in [-0.2, 0) is 28.9 Å². The van der Waals surface area contributed by atoms with Crippen molar-refractivity contribution in [1.29, 1.82) is 0 Å². The standard InChI is InChI=1S/C28H32ClN7O5/c1-28(2,3)15-23-31-32-27-21(11-12-35-33-22(30-34-35)14-24(37)38)41-25(17-7-6-8-20(39-4)26(17)40-5)18-13-16(29)9-10-19(18)36(23)27/h6-10,13,21,25H,11-12,14-15H2,1-5H3,(H,37,38)/t21-,25-/m0/s1. The number of nitrogens with zero attached hydrogens (tertiary/aromatic N) is 7. The first-order valence-electron chi connectivity index (χ1n) is 13.2. The number of halogens is 1. The van der Waals surface area contributed by atoms with Crippen LogP contribution in [0.5, 0.6) is 11.5 Å². The molecule has 0 saturated carbocycles. The molecule has 0 fully saturated rings. The van der Waals surface area contributed by atoms with Crippen LogP contribution in [0, 0.1) is 5.41 Å². The minimum Gasteiger partial charge on any atom is -0.493 e. The minimum atomic E-state index is -1.03. The molecule has 2 aromatic carbocycles. The van der Waals surface area contributed by atoms with Crippen LogP contribution >= 0.6 is 11.6 Å². The fraction of sp³-hybridized carbons (Fsp3) is 0.429. The summed E-state index contributed by atoms with van der Waals surface area (Å²) in [6, 6.07) is 11.3. The van der Waals surface area contributed by atoms with Crippen LogP contribution in [0.2, 0.25) is 5.02 Å². The summed E-state index contributed by atoms with van der Waals surface area (Å²) in [6.45, 7) is 6.75. The molecule has 1 aliphatic rings. The number of ether oxygens (including phenoxy) is 3. The molecule has 41 heavy (non-hydrogen) atoms. The van der Waals surface area contributed by atoms with Gasteiger partial charge in [0.05, 0.1) is 26.5 Å². The lowest BCUT2D eigenvalue weighted by Gasteiger charge is -2.25. The lowest BCUT2D eigenvalue weighted by atomic mass is 9.91. The number of rotatable bonds is 9. The van der Waals surface area contributed by atoms with Crippen LogP contribution in [0.25, 0.3) is 5.69 Å². The van der Waals surface area contributed by atoms with Crippen molar-refractivity contribution in [1.82, 2.24) is 35.0 Å². The molecule has 2 atom stereocenters. The number of aliphatic carboxylic acids is 1. The molecule has 5 rings (SSSR count). The third-order valence-electron chi connectivity index (χ3n) is 6.66. The maximum Gasteiger partial charge on any atom is 0.311 e. The Morgan fingerprint density at radius 2 is 1.90 bits per heavy atom. The fourth-order valence-electron chi connectivity index (χ4n) is 4.99. The third-order valence-corrected chi connectivity index (χ3v) is 6.89. The first kappa shape index (κ1) is 28.5. The van der Waals surface area contributed by atoms with E-state index >= 15 is 0 Å². The highest BCUT2D eigenvalue weighted by atomic mass is 35.5. The van der Waals surface area contributed by atoms with E-state index in [1.165, 1.54) is 4.80 Å². The Morgan fingerprint density at radius 1 is 1.10 bits per heavy atom. The quantitative estimate of drug-likeness (QED) is 0.302. The van der Waals surface area contributed by atoms with Crippen molar-refractivity contribution in [3.63, 3.8) is 0 Å². The molecule has 0 aliphatic carbocycles. The molecule has 1 aliphatic heterocycles. The summed E-state index contributed by atoms with van der Waals surface area (Å²) in [6.07, 6.45) is -0.393. The van der Waals surface area contributed by atoms with E-state index in [-0.39, 0.29) is 17.7 Å². The zero-order valence-corrected chi connectivity index (χ0v) is 24.3. The molecular weight excluding hydrogens is 550 g/mol. The van der Waals surface area contributed by atoms with E-state index in [0.29, 0.717) is 41.7 Å². The number of para-hydroxylation sites is 1. The average molecular weight is 582 g/mol. The minimum absolute atomic E-state index is 0.0559. The maximum absolute atomic E-state index is 11.1. The van der Waals surface area contributed by atoms with Gasteiger partial charge in [-0.25, -0.2) is 0 Å². The highest BCUT2D eigenvalue weighted by Gasteiger charge is 2.36. The predicted octanol–water partition coefficient (Wildman–Crippen LogP) is 4.39. The number of benzene rings is 2. The molecule has 4 aromatic rings. The Morgan fingerprint density at radius 3 is 2.61 bits per heavy atom. The third kappa shape index (κ3) is 6.03. The van der Waals surface area contributed by atoms with E-state index in [0.717, 1.165) is 22.6 Å². The van der Waals surface area contributed by atoms with Crippen molar-refractivity contribution < 1.29 is 24.1 Å². The molecule has 216 valence electrons. The summed E-state index contributed by atoms with van der Waals surface area (Å²) in [4.78, 5) is 12.4. The Kier molecular flexibility index (Phi) is 7.96. The van der Waals surface area contributed by atoms with E-state index in [1.807, 2.05) is 36.4 Å². The number of methoxy groups -OCH3 is 2. The van der Waals surface area contributed by atoms with E-state index in [1.54, 1.807) is 14.2 Å². The second kappa shape index (κ2) is 11.5. The van der Waals surface area contributed by atoms with Crippen molar-refractivity contribution in [2.24, 2.45) is 5.41 Å². The molecule has 13 heteroatoms. The molecule has 0 bridgehead atoms. The molecular formula is C28H32ClN7O5. The van der Waals surface area contributed by atoms with Gasteiger partial charge in [-0.2, -0.15) is 4.80 Å². The van der Waals surface area contributed by atoms with Gasteiger partial charge in [-0.15, -0.1) is 20.4 Å². The van der Waals surface area contributed by atoms with Gasteiger partial charge in [-0.3, -0.25) is 9.36 Å². The summed E-state index contributed by atoms with van der Waals surface area (Å²) >= 11 is 6.56. The van der Waals surface area contributed by atoms with Gasteiger partial charge in [0.15, 0.2) is 23.1 Å². The van der Waals surface area contributed by atoms with E-state index < -0.39 is 18.2 Å². The summed E-state index contributed by atoms with van der Waals surface area (Å²) in [5, 5.41) is 30.9. The predicted molar refractivity (Wildman–Crippen MR) is 149 cm³/mol. The van der Waals surface area contributed by atoms with Gasteiger partial charge in [-0.1, -0.05) is 44.5 Å². The monoisotopic (exact) mass is 581 g/mol. The number of aromatic nitrogens is 7. The molecule has 0 unspecified atom stereocenters. The van der Waals surface area contributed by atoms with Gasteiger partial charge in [0.1, 0.15) is 24.5 Å². The summed E-state index contributed by atoms with van der Waals surface area (Å²) in [5.41, 5.74) is 2.39. The van der Waals surface area contributed by atoms with Gasteiger partial charge in [0.25, 0.3) is 0 Å². The Bertz CT molecular complexity index is 1560. The van der Waals surface area contributed by atoms with Crippen molar-refractivity contribution in [3.05, 3.63) is 70.0 Å². The molecule has 0 amide bonds. The number of carbonyl (C=O) groups is 1. The van der Waals surface area contributed by atoms with Crippen LogP contribution in [0.1, 0.15) is 68.0 Å². The zero-order chi connectivity index (χ0) is 29.3. The van der Waals surface area contributed by atoms with E-state index in [2.05, 4.69) is 50.9 Å². The number of hydrogen-bond donors (Lipinski definition) is 1. The largest absolute Gasteiger partial charge is 0.493 e. The van der Waals surface area contributed by atoms with E-state index in [9.17, 15) is 4.79 Å². The van der Waals surface area contributed by atoms with Crippen LogP contribution in [-0.4, -0.2) is 60.3 Å². The van der Waals surface area contributed by atoms with Gasteiger partial charge in [0.2, 0.25) is 0 Å². The summed E-state index contributed by atoms with van der Waals surface area (Å²) in [7, 11) is 3.18. The smallest absolute Gasteiger partial charge is 0.311 e. The fourth-order valence-corrected chi connectivity index (χ4v) is 5.17. The van der Waals surface area contributed by atoms with Gasteiger partial charge in [-0.05, 0) is 34.9 Å². The second-order valence-electron chi connectivity index (χ2n) is 11.0. The highest BCUT2D eigenvalue weighted by Crippen LogP contribution is 2.46. The SMILES string of the molecule is COc1cccc([C@@H]2O[C@@H](CCn3nnc(CC(=O)O)n3)c3nnc(CC(C)(C)C)n3-c3ccc(Cl)cc32)c1OC. The lowest BCUT2D eigenvalue weighted by Crippen LogP contribution is -2.17. The van der Waals surface area contributed by atoms with Crippen LogP contribution in [0.4, 0.5) is 0 Å². The summed E-state index contributed by atoms with van der Waals surface area (Å²) in [5.74, 6) is 1.66. The average Bonchev–Trinajstić information content (AvgIpc) is 3.50. The molecule has 0 saturated heterocycles. The first-order chi connectivity index (χ1) is 19.6. The normalized spacial score (nSPS) is 16.5. The van der Waals surface area contributed by atoms with Crippen LogP contribution in [0.3, 0.4) is 0 Å².